The Bertz CT molecular complexity index is 1080. The molecule has 0 amide bonds. The van der Waals surface area contributed by atoms with E-state index in [0.717, 1.165) is 22.1 Å². The maximum Gasteiger partial charge on any atom is 0.247 e. The molecule has 0 spiro atoms. The van der Waals surface area contributed by atoms with Gasteiger partial charge in [0.2, 0.25) is 11.8 Å². The summed E-state index contributed by atoms with van der Waals surface area (Å²) in [6.45, 7) is 4.42. The van der Waals surface area contributed by atoms with Crippen molar-refractivity contribution in [2.45, 2.75) is 17.5 Å². The van der Waals surface area contributed by atoms with Gasteiger partial charge in [-0.3, -0.25) is 4.57 Å². The van der Waals surface area contributed by atoms with Gasteiger partial charge in [-0.15, -0.1) is 27.0 Å². The lowest BCUT2D eigenvalue weighted by atomic mass is 10.2. The first-order valence-electron chi connectivity index (χ1n) is 8.55. The van der Waals surface area contributed by atoms with E-state index in [0.29, 0.717) is 29.1 Å². The van der Waals surface area contributed by atoms with E-state index in [1.54, 1.807) is 0 Å². The van der Waals surface area contributed by atoms with E-state index in [2.05, 4.69) is 27.0 Å². The van der Waals surface area contributed by atoms with Crippen LogP contribution in [0.3, 0.4) is 0 Å². The highest BCUT2D eigenvalue weighted by molar-refractivity contribution is 7.98. The Labute approximate surface area is 171 Å². The number of hydrogen-bond donors (Lipinski definition) is 0. The van der Waals surface area contributed by atoms with Crippen LogP contribution in [0.15, 0.2) is 76.8 Å². The van der Waals surface area contributed by atoms with Gasteiger partial charge < -0.3 is 4.42 Å². The number of rotatable bonds is 7. The zero-order chi connectivity index (χ0) is 19.3. The molecule has 0 radical (unpaired) electrons. The normalized spacial score (nSPS) is 10.9. The lowest BCUT2D eigenvalue weighted by Gasteiger charge is -2.07. The molecule has 0 saturated carbocycles. The van der Waals surface area contributed by atoms with Crippen molar-refractivity contribution >= 4 is 23.4 Å². The van der Waals surface area contributed by atoms with Gasteiger partial charge in [0.1, 0.15) is 0 Å². The van der Waals surface area contributed by atoms with E-state index < -0.39 is 0 Å². The van der Waals surface area contributed by atoms with E-state index in [9.17, 15) is 0 Å². The van der Waals surface area contributed by atoms with Gasteiger partial charge in [0.15, 0.2) is 11.0 Å². The van der Waals surface area contributed by atoms with Crippen molar-refractivity contribution in [3.05, 3.63) is 78.2 Å². The minimum Gasteiger partial charge on any atom is -0.420 e. The van der Waals surface area contributed by atoms with Gasteiger partial charge in [0.25, 0.3) is 0 Å². The first kappa shape index (κ1) is 18.5. The molecule has 0 atom stereocenters. The van der Waals surface area contributed by atoms with E-state index >= 15 is 0 Å². The molecule has 8 heteroatoms. The molecule has 0 unspecified atom stereocenters. The SMILES string of the molecule is C=CCn1c(SCc2nnc(-c3ccccc3)o2)nnc1-c1ccc(Cl)cc1. The highest BCUT2D eigenvalue weighted by atomic mass is 35.5. The van der Waals surface area contributed by atoms with Gasteiger partial charge >= 0.3 is 0 Å². The van der Waals surface area contributed by atoms with Gasteiger partial charge in [-0.2, -0.15) is 0 Å². The molecule has 2 aromatic carbocycles. The van der Waals surface area contributed by atoms with Crippen LogP contribution in [0.2, 0.25) is 5.02 Å². The maximum absolute atomic E-state index is 5.98. The summed E-state index contributed by atoms with van der Waals surface area (Å²) in [5.41, 5.74) is 1.83. The van der Waals surface area contributed by atoms with Crippen LogP contribution in [0.4, 0.5) is 0 Å². The van der Waals surface area contributed by atoms with Crippen LogP contribution in [-0.2, 0) is 12.3 Å². The Balaban J connectivity index is 1.53. The van der Waals surface area contributed by atoms with Crippen molar-refractivity contribution in [2.24, 2.45) is 0 Å². The zero-order valence-corrected chi connectivity index (χ0v) is 16.4. The minimum absolute atomic E-state index is 0.496. The summed E-state index contributed by atoms with van der Waals surface area (Å²) in [6.07, 6.45) is 1.81. The fourth-order valence-electron chi connectivity index (χ4n) is 2.64. The molecule has 0 aliphatic rings. The van der Waals surface area contributed by atoms with Crippen LogP contribution in [0.5, 0.6) is 0 Å². The van der Waals surface area contributed by atoms with E-state index in [-0.39, 0.29) is 0 Å². The molecule has 0 saturated heterocycles. The van der Waals surface area contributed by atoms with Gasteiger partial charge in [-0.25, -0.2) is 0 Å². The van der Waals surface area contributed by atoms with Crippen molar-refractivity contribution in [3.8, 4) is 22.8 Å². The molecule has 0 aliphatic carbocycles. The third-order valence-electron chi connectivity index (χ3n) is 3.94. The molecule has 0 aliphatic heterocycles. The van der Waals surface area contributed by atoms with Crippen LogP contribution in [0.1, 0.15) is 5.89 Å². The number of allylic oxidation sites excluding steroid dienone is 1. The third kappa shape index (κ3) is 4.00. The second-order valence-electron chi connectivity index (χ2n) is 5.87. The van der Waals surface area contributed by atoms with Crippen molar-refractivity contribution in [1.82, 2.24) is 25.0 Å². The van der Waals surface area contributed by atoms with Gasteiger partial charge in [-0.05, 0) is 36.4 Å². The Morgan fingerprint density at radius 3 is 2.50 bits per heavy atom. The predicted molar refractivity (Wildman–Crippen MR) is 110 cm³/mol. The molecular formula is C20H16ClN5OS. The molecule has 140 valence electrons. The first-order valence-corrected chi connectivity index (χ1v) is 9.91. The fourth-order valence-corrected chi connectivity index (χ4v) is 3.55. The van der Waals surface area contributed by atoms with E-state index in [1.807, 2.05) is 65.2 Å². The van der Waals surface area contributed by atoms with Crippen LogP contribution in [0.25, 0.3) is 22.8 Å². The molecule has 4 aromatic rings. The topological polar surface area (TPSA) is 69.6 Å². The largest absolute Gasteiger partial charge is 0.420 e. The predicted octanol–water partition coefficient (Wildman–Crippen LogP) is 5.13. The Morgan fingerprint density at radius 2 is 1.75 bits per heavy atom. The second kappa shape index (κ2) is 8.41. The molecule has 2 heterocycles. The summed E-state index contributed by atoms with van der Waals surface area (Å²) in [7, 11) is 0. The van der Waals surface area contributed by atoms with Crippen molar-refractivity contribution in [2.75, 3.05) is 0 Å². The Kier molecular flexibility index (Phi) is 5.55. The lowest BCUT2D eigenvalue weighted by Crippen LogP contribution is -2.00. The van der Waals surface area contributed by atoms with E-state index in [4.69, 9.17) is 16.0 Å². The zero-order valence-electron chi connectivity index (χ0n) is 14.8. The average molecular weight is 410 g/mol. The van der Waals surface area contributed by atoms with Gasteiger partial charge in [0.05, 0.1) is 5.75 Å². The number of benzene rings is 2. The van der Waals surface area contributed by atoms with Crippen LogP contribution in [0, 0.1) is 0 Å². The van der Waals surface area contributed by atoms with Gasteiger partial charge in [-0.1, -0.05) is 47.6 Å². The maximum atomic E-state index is 5.98. The molecular weight excluding hydrogens is 394 g/mol. The smallest absolute Gasteiger partial charge is 0.247 e. The van der Waals surface area contributed by atoms with Gasteiger partial charge in [0, 0.05) is 22.7 Å². The summed E-state index contributed by atoms with van der Waals surface area (Å²) in [6, 6.07) is 17.2. The average Bonchev–Trinajstić information content (AvgIpc) is 3.35. The Hall–Kier alpha value is -2.90. The quantitative estimate of drug-likeness (QED) is 0.311. The molecule has 0 N–H and O–H groups in total. The summed E-state index contributed by atoms with van der Waals surface area (Å²) >= 11 is 7.47. The molecule has 28 heavy (non-hydrogen) atoms. The van der Waals surface area contributed by atoms with Crippen LogP contribution >= 0.6 is 23.4 Å². The number of thioether (sulfide) groups is 1. The molecule has 2 aromatic heterocycles. The standard InChI is InChI=1S/C20H16ClN5OS/c1-2-12-26-18(14-8-10-16(21)11-9-14)23-25-20(26)28-13-17-22-24-19(27-17)15-6-4-3-5-7-15/h2-11H,1,12-13H2. The first-order chi connectivity index (χ1) is 13.7. The summed E-state index contributed by atoms with van der Waals surface area (Å²) in [5, 5.41) is 18.3. The molecule has 4 rings (SSSR count). The van der Waals surface area contributed by atoms with Crippen molar-refractivity contribution in [1.29, 1.82) is 0 Å². The third-order valence-corrected chi connectivity index (χ3v) is 5.15. The number of halogens is 1. The monoisotopic (exact) mass is 409 g/mol. The highest BCUT2D eigenvalue weighted by Gasteiger charge is 2.15. The van der Waals surface area contributed by atoms with E-state index in [1.165, 1.54) is 11.8 Å². The molecule has 0 fully saturated rings. The highest BCUT2D eigenvalue weighted by Crippen LogP contribution is 2.28. The summed E-state index contributed by atoms with van der Waals surface area (Å²) < 4.78 is 7.76. The summed E-state index contributed by atoms with van der Waals surface area (Å²) in [5.74, 6) is 2.29. The summed E-state index contributed by atoms with van der Waals surface area (Å²) in [4.78, 5) is 0. The Morgan fingerprint density at radius 1 is 0.964 bits per heavy atom. The van der Waals surface area contributed by atoms with Crippen LogP contribution in [-0.4, -0.2) is 25.0 Å². The minimum atomic E-state index is 0.496. The second-order valence-corrected chi connectivity index (χ2v) is 7.25. The van der Waals surface area contributed by atoms with Crippen molar-refractivity contribution < 1.29 is 4.42 Å². The number of nitrogens with zero attached hydrogens (tertiary/aromatic N) is 5. The number of aromatic nitrogens is 5. The molecule has 6 nitrogen and oxygen atoms in total. The fraction of sp³-hybridized carbons (Fsp3) is 0.100. The number of hydrogen-bond acceptors (Lipinski definition) is 6. The molecule has 0 bridgehead atoms. The van der Waals surface area contributed by atoms with Crippen LogP contribution < -0.4 is 0 Å². The lowest BCUT2D eigenvalue weighted by molar-refractivity contribution is 0.528. The van der Waals surface area contributed by atoms with Crippen molar-refractivity contribution in [3.63, 3.8) is 0 Å².